The number of nitrogens with one attached hydrogen (secondary N) is 1. The van der Waals surface area contributed by atoms with Gasteiger partial charge in [0, 0.05) is 24.1 Å². The fourth-order valence-electron chi connectivity index (χ4n) is 3.78. The number of aliphatic hydroxyl groups is 1. The molecule has 2 aromatic rings. The monoisotopic (exact) mass is 373 g/mol. The Labute approximate surface area is 158 Å². The summed E-state index contributed by atoms with van der Waals surface area (Å²) in [6.45, 7) is 3.48. The van der Waals surface area contributed by atoms with Crippen molar-refractivity contribution in [2.75, 3.05) is 27.3 Å². The number of aliphatic hydroxyl groups excluding tert-OH is 1. The number of quaternary nitrogens is 1. The molecule has 0 fully saturated rings. The first-order chi connectivity index (χ1) is 12.9. The Balaban J connectivity index is 1.80. The molecule has 3 rings (SSSR count). The fraction of sp³-hybridized carbons (Fsp3) is 0.400. The van der Waals surface area contributed by atoms with Crippen LogP contribution in [0.25, 0.3) is 0 Å². The molecule has 1 aliphatic rings. The number of rotatable bonds is 6. The second kappa shape index (κ2) is 7.94. The smallest absolute Gasteiger partial charge is 0.269 e. The summed E-state index contributed by atoms with van der Waals surface area (Å²) in [5.74, 6) is 1.42. The molecule has 1 unspecified atom stereocenters. The van der Waals surface area contributed by atoms with Crippen LogP contribution in [-0.2, 0) is 6.42 Å². The number of benzene rings is 2. The van der Waals surface area contributed by atoms with Gasteiger partial charge in [0.2, 0.25) is 0 Å². The van der Waals surface area contributed by atoms with Gasteiger partial charge in [-0.05, 0) is 30.2 Å². The third-order valence-corrected chi connectivity index (χ3v) is 5.36. The van der Waals surface area contributed by atoms with Gasteiger partial charge in [-0.25, -0.2) is 0 Å². The number of nitrogens with zero attached hydrogens (tertiary/aromatic N) is 1. The van der Waals surface area contributed by atoms with Crippen LogP contribution in [0.2, 0.25) is 0 Å². The summed E-state index contributed by atoms with van der Waals surface area (Å²) in [6, 6.07) is 10.4. The van der Waals surface area contributed by atoms with Crippen LogP contribution in [0, 0.1) is 10.1 Å². The molecule has 0 aromatic heterocycles. The number of ether oxygens (including phenoxy) is 2. The van der Waals surface area contributed by atoms with Crippen LogP contribution < -0.4 is 14.4 Å². The highest BCUT2D eigenvalue weighted by Crippen LogP contribution is 2.34. The van der Waals surface area contributed by atoms with E-state index < -0.39 is 11.0 Å². The summed E-state index contributed by atoms with van der Waals surface area (Å²) in [7, 11) is 3.25. The van der Waals surface area contributed by atoms with Crippen LogP contribution in [0.4, 0.5) is 5.69 Å². The van der Waals surface area contributed by atoms with Crippen LogP contribution in [0.3, 0.4) is 0 Å². The highest BCUT2D eigenvalue weighted by atomic mass is 16.6. The number of fused-ring (bicyclic) bond motifs is 1. The minimum atomic E-state index is -0.760. The van der Waals surface area contributed by atoms with E-state index in [0.29, 0.717) is 17.9 Å². The molecular formula is C20H25N2O5+. The van der Waals surface area contributed by atoms with Crippen LogP contribution in [-0.4, -0.2) is 37.3 Å². The van der Waals surface area contributed by atoms with E-state index >= 15 is 0 Å². The molecule has 1 heterocycles. The first-order valence-electron chi connectivity index (χ1n) is 8.96. The SMILES string of the molecule is COc1cc2c(cc1OC)[C@@H](C)[NH+](C[C@@H](O)c1cccc([N+](=O)[O-])c1)CC2. The molecule has 7 heteroatoms. The quantitative estimate of drug-likeness (QED) is 0.596. The summed E-state index contributed by atoms with van der Waals surface area (Å²) in [5, 5.41) is 21.6. The summed E-state index contributed by atoms with van der Waals surface area (Å²) in [4.78, 5) is 11.8. The molecular weight excluding hydrogens is 348 g/mol. The second-order valence-electron chi connectivity index (χ2n) is 6.86. The lowest BCUT2D eigenvalue weighted by atomic mass is 9.92. The molecule has 3 atom stereocenters. The predicted octanol–water partition coefficient (Wildman–Crippen LogP) is 1.85. The van der Waals surface area contributed by atoms with Crippen LogP contribution in [0.1, 0.15) is 35.8 Å². The molecule has 0 radical (unpaired) electrons. The minimum Gasteiger partial charge on any atom is -0.493 e. The van der Waals surface area contributed by atoms with Gasteiger partial charge >= 0.3 is 0 Å². The van der Waals surface area contributed by atoms with Crippen molar-refractivity contribution < 1.29 is 24.4 Å². The number of nitro groups is 1. The van der Waals surface area contributed by atoms with E-state index in [9.17, 15) is 15.2 Å². The third kappa shape index (κ3) is 3.89. The maximum Gasteiger partial charge on any atom is 0.269 e. The van der Waals surface area contributed by atoms with Gasteiger partial charge in [0.25, 0.3) is 5.69 Å². The lowest BCUT2D eigenvalue weighted by molar-refractivity contribution is -0.935. The Hall–Kier alpha value is -2.64. The van der Waals surface area contributed by atoms with Crippen molar-refractivity contribution in [2.24, 2.45) is 0 Å². The zero-order chi connectivity index (χ0) is 19.6. The minimum absolute atomic E-state index is 0.00424. The molecule has 2 aromatic carbocycles. The van der Waals surface area contributed by atoms with E-state index in [1.807, 2.05) is 12.1 Å². The van der Waals surface area contributed by atoms with Gasteiger partial charge in [-0.3, -0.25) is 10.1 Å². The van der Waals surface area contributed by atoms with Gasteiger partial charge in [0.15, 0.2) is 11.5 Å². The maximum absolute atomic E-state index is 11.0. The van der Waals surface area contributed by atoms with E-state index in [4.69, 9.17) is 9.47 Å². The average Bonchev–Trinajstić information content (AvgIpc) is 2.69. The molecule has 0 saturated heterocycles. The first-order valence-corrected chi connectivity index (χ1v) is 8.96. The van der Waals surface area contributed by atoms with Gasteiger partial charge in [-0.15, -0.1) is 0 Å². The molecule has 0 amide bonds. The van der Waals surface area contributed by atoms with E-state index in [1.54, 1.807) is 26.4 Å². The van der Waals surface area contributed by atoms with Crippen molar-refractivity contribution >= 4 is 5.69 Å². The lowest BCUT2D eigenvalue weighted by Crippen LogP contribution is -3.13. The lowest BCUT2D eigenvalue weighted by Gasteiger charge is -2.34. The summed E-state index contributed by atoms with van der Waals surface area (Å²) in [6.07, 6.45) is 0.112. The predicted molar refractivity (Wildman–Crippen MR) is 100 cm³/mol. The number of non-ortho nitro benzene ring substituents is 1. The van der Waals surface area contributed by atoms with Crippen LogP contribution >= 0.6 is 0 Å². The van der Waals surface area contributed by atoms with Crippen LogP contribution in [0.5, 0.6) is 11.5 Å². The molecule has 27 heavy (non-hydrogen) atoms. The van der Waals surface area contributed by atoms with Crippen molar-refractivity contribution in [3.63, 3.8) is 0 Å². The second-order valence-corrected chi connectivity index (χ2v) is 6.86. The van der Waals surface area contributed by atoms with Crippen molar-refractivity contribution in [1.29, 1.82) is 0 Å². The highest BCUT2D eigenvalue weighted by molar-refractivity contribution is 5.48. The molecule has 144 valence electrons. The van der Waals surface area contributed by atoms with Gasteiger partial charge < -0.3 is 19.5 Å². The van der Waals surface area contributed by atoms with E-state index in [2.05, 4.69) is 6.92 Å². The number of nitro benzene ring substituents is 1. The van der Waals surface area contributed by atoms with E-state index in [0.717, 1.165) is 18.7 Å². The summed E-state index contributed by atoms with van der Waals surface area (Å²) < 4.78 is 10.8. The van der Waals surface area contributed by atoms with Crippen molar-refractivity contribution in [3.8, 4) is 11.5 Å². The standard InChI is InChI=1S/C20H24N2O5/c1-13-17-11-20(27-3)19(26-2)10-14(17)7-8-21(13)12-18(23)15-5-4-6-16(9-15)22(24)25/h4-6,9-11,13,18,23H,7-8,12H2,1-3H3/p+1/t13-,18-/m1/s1. The average molecular weight is 373 g/mol. The third-order valence-electron chi connectivity index (χ3n) is 5.36. The van der Waals surface area contributed by atoms with Crippen molar-refractivity contribution in [2.45, 2.75) is 25.5 Å². The Morgan fingerprint density at radius 3 is 2.63 bits per heavy atom. The van der Waals surface area contributed by atoms with Gasteiger partial charge in [0.1, 0.15) is 18.7 Å². The Bertz CT molecular complexity index is 839. The fourth-order valence-corrected chi connectivity index (χ4v) is 3.78. The van der Waals surface area contributed by atoms with Gasteiger partial charge in [-0.2, -0.15) is 0 Å². The Morgan fingerprint density at radius 1 is 1.26 bits per heavy atom. The molecule has 7 nitrogen and oxygen atoms in total. The topological polar surface area (TPSA) is 86.3 Å². The van der Waals surface area contributed by atoms with Gasteiger partial charge in [-0.1, -0.05) is 12.1 Å². The molecule has 0 aliphatic carbocycles. The van der Waals surface area contributed by atoms with Crippen LogP contribution in [0.15, 0.2) is 36.4 Å². The zero-order valence-electron chi connectivity index (χ0n) is 15.8. The maximum atomic E-state index is 11.0. The van der Waals surface area contributed by atoms with Crippen molar-refractivity contribution in [1.82, 2.24) is 0 Å². The van der Waals surface area contributed by atoms with Gasteiger partial charge in [0.05, 0.1) is 25.7 Å². The number of hydrogen-bond acceptors (Lipinski definition) is 5. The highest BCUT2D eigenvalue weighted by Gasteiger charge is 2.31. The zero-order valence-corrected chi connectivity index (χ0v) is 15.8. The Kier molecular flexibility index (Phi) is 5.62. The molecule has 1 aliphatic heterocycles. The molecule has 0 bridgehead atoms. The van der Waals surface area contributed by atoms with E-state index in [1.165, 1.54) is 28.2 Å². The summed E-state index contributed by atoms with van der Waals surface area (Å²) >= 11 is 0. The Morgan fingerprint density at radius 2 is 1.96 bits per heavy atom. The molecule has 0 saturated carbocycles. The molecule has 2 N–H and O–H groups in total. The van der Waals surface area contributed by atoms with Crippen molar-refractivity contribution in [3.05, 3.63) is 63.2 Å². The normalized spacial score (nSPS) is 19.9. The number of hydrogen-bond donors (Lipinski definition) is 2. The van der Waals surface area contributed by atoms with E-state index in [-0.39, 0.29) is 11.7 Å². The number of methoxy groups -OCH3 is 2. The first kappa shape index (κ1) is 19.1. The molecule has 0 spiro atoms. The largest absolute Gasteiger partial charge is 0.493 e. The summed E-state index contributed by atoms with van der Waals surface area (Å²) in [5.41, 5.74) is 2.98.